The van der Waals surface area contributed by atoms with Gasteiger partial charge in [0.1, 0.15) is 5.82 Å². The largest absolute Gasteiger partial charge is 0.472 e. The van der Waals surface area contributed by atoms with Crippen LogP contribution < -0.4 is 11.3 Å². The predicted molar refractivity (Wildman–Crippen MR) is 63.6 cm³/mol. The molecular formula is C13H15FN2O. The number of nitrogens with two attached hydrogens (primary N) is 1. The van der Waals surface area contributed by atoms with Gasteiger partial charge in [0.2, 0.25) is 0 Å². The second-order valence-corrected chi connectivity index (χ2v) is 4.03. The Labute approximate surface area is 99.4 Å². The average molecular weight is 234 g/mol. The first-order valence-corrected chi connectivity index (χ1v) is 5.44. The van der Waals surface area contributed by atoms with Crippen LogP contribution in [0.4, 0.5) is 4.39 Å². The first kappa shape index (κ1) is 11.8. The molecule has 0 amide bonds. The minimum Gasteiger partial charge on any atom is -0.472 e. The van der Waals surface area contributed by atoms with Crippen LogP contribution in [0.15, 0.2) is 41.2 Å². The molecular weight excluding hydrogens is 219 g/mol. The summed E-state index contributed by atoms with van der Waals surface area (Å²) in [5, 5.41) is 0. The third-order valence-corrected chi connectivity index (χ3v) is 2.82. The molecule has 0 saturated carbocycles. The summed E-state index contributed by atoms with van der Waals surface area (Å²) >= 11 is 0. The van der Waals surface area contributed by atoms with E-state index in [-0.39, 0.29) is 11.9 Å². The lowest BCUT2D eigenvalue weighted by Crippen LogP contribution is -2.30. The van der Waals surface area contributed by atoms with Gasteiger partial charge in [0.15, 0.2) is 0 Å². The fourth-order valence-corrected chi connectivity index (χ4v) is 1.84. The maximum atomic E-state index is 13.9. The summed E-state index contributed by atoms with van der Waals surface area (Å²) in [6.07, 6.45) is 3.82. The van der Waals surface area contributed by atoms with E-state index >= 15 is 0 Å². The Morgan fingerprint density at radius 3 is 2.88 bits per heavy atom. The van der Waals surface area contributed by atoms with E-state index in [2.05, 4.69) is 5.43 Å². The molecule has 4 heteroatoms. The molecule has 0 saturated heterocycles. The number of halogens is 1. The summed E-state index contributed by atoms with van der Waals surface area (Å²) in [6.45, 7) is 1.74. The van der Waals surface area contributed by atoms with Crippen LogP contribution in [0.5, 0.6) is 0 Å². The zero-order valence-corrected chi connectivity index (χ0v) is 9.61. The highest BCUT2D eigenvalue weighted by Crippen LogP contribution is 2.22. The lowest BCUT2D eigenvalue weighted by atomic mass is 9.99. The molecule has 0 radical (unpaired) electrons. The summed E-state index contributed by atoms with van der Waals surface area (Å²) in [6, 6.07) is 6.90. The lowest BCUT2D eigenvalue weighted by Gasteiger charge is -2.17. The number of hydrogen-bond donors (Lipinski definition) is 2. The van der Waals surface area contributed by atoms with Crippen LogP contribution in [0.1, 0.15) is 22.7 Å². The Kier molecular flexibility index (Phi) is 3.56. The van der Waals surface area contributed by atoms with Crippen molar-refractivity contribution in [1.29, 1.82) is 0 Å². The third kappa shape index (κ3) is 2.54. The molecule has 0 aliphatic rings. The smallest absolute Gasteiger partial charge is 0.130 e. The van der Waals surface area contributed by atoms with Crippen LogP contribution >= 0.6 is 0 Å². The van der Waals surface area contributed by atoms with Gasteiger partial charge in [-0.25, -0.2) is 4.39 Å². The van der Waals surface area contributed by atoms with Gasteiger partial charge in [-0.05, 0) is 30.5 Å². The van der Waals surface area contributed by atoms with Crippen molar-refractivity contribution in [3.8, 4) is 0 Å². The van der Waals surface area contributed by atoms with Crippen LogP contribution in [-0.4, -0.2) is 0 Å². The Hall–Kier alpha value is -1.65. The van der Waals surface area contributed by atoms with E-state index in [1.165, 1.54) is 0 Å². The van der Waals surface area contributed by atoms with Crippen LogP contribution in [0.25, 0.3) is 0 Å². The molecule has 1 aromatic heterocycles. The van der Waals surface area contributed by atoms with Crippen molar-refractivity contribution in [1.82, 2.24) is 5.43 Å². The summed E-state index contributed by atoms with van der Waals surface area (Å²) in [7, 11) is 0. The van der Waals surface area contributed by atoms with E-state index < -0.39 is 0 Å². The highest BCUT2D eigenvalue weighted by Gasteiger charge is 2.16. The Morgan fingerprint density at radius 2 is 2.24 bits per heavy atom. The van der Waals surface area contributed by atoms with Crippen molar-refractivity contribution >= 4 is 0 Å². The second kappa shape index (κ2) is 5.12. The predicted octanol–water partition coefficient (Wildman–Crippen LogP) is 2.47. The van der Waals surface area contributed by atoms with Gasteiger partial charge in [-0.1, -0.05) is 18.2 Å². The fourth-order valence-electron chi connectivity index (χ4n) is 1.84. The minimum atomic E-state index is -0.257. The van der Waals surface area contributed by atoms with E-state index in [4.69, 9.17) is 10.3 Å². The third-order valence-electron chi connectivity index (χ3n) is 2.82. The summed E-state index contributed by atoms with van der Waals surface area (Å²) in [4.78, 5) is 0. The minimum absolute atomic E-state index is 0.209. The monoisotopic (exact) mass is 234 g/mol. The van der Waals surface area contributed by atoms with Crippen LogP contribution in [0.3, 0.4) is 0 Å². The van der Waals surface area contributed by atoms with Crippen molar-refractivity contribution in [2.75, 3.05) is 0 Å². The van der Waals surface area contributed by atoms with Crippen molar-refractivity contribution in [3.63, 3.8) is 0 Å². The van der Waals surface area contributed by atoms with Gasteiger partial charge in [0.05, 0.1) is 18.6 Å². The molecule has 1 unspecified atom stereocenters. The molecule has 1 atom stereocenters. The Morgan fingerprint density at radius 1 is 1.41 bits per heavy atom. The van der Waals surface area contributed by atoms with E-state index in [0.29, 0.717) is 17.5 Å². The highest BCUT2D eigenvalue weighted by atomic mass is 19.1. The van der Waals surface area contributed by atoms with Gasteiger partial charge in [-0.3, -0.25) is 11.3 Å². The normalized spacial score (nSPS) is 12.6. The van der Waals surface area contributed by atoms with E-state index in [1.54, 1.807) is 31.6 Å². The Bertz CT molecular complexity index is 482. The zero-order chi connectivity index (χ0) is 12.3. The van der Waals surface area contributed by atoms with Crippen molar-refractivity contribution in [3.05, 3.63) is 59.3 Å². The molecule has 1 aromatic carbocycles. The first-order valence-electron chi connectivity index (χ1n) is 5.44. The molecule has 3 N–H and O–H groups in total. The maximum Gasteiger partial charge on any atom is 0.130 e. The van der Waals surface area contributed by atoms with Crippen LogP contribution in [0.2, 0.25) is 0 Å². The quantitative estimate of drug-likeness (QED) is 0.631. The van der Waals surface area contributed by atoms with Crippen molar-refractivity contribution in [2.24, 2.45) is 5.84 Å². The van der Waals surface area contributed by atoms with E-state index in [0.717, 1.165) is 5.56 Å². The average Bonchev–Trinajstić information content (AvgIpc) is 2.83. The topological polar surface area (TPSA) is 51.2 Å². The molecule has 17 heavy (non-hydrogen) atoms. The molecule has 1 heterocycles. The molecule has 2 aromatic rings. The van der Waals surface area contributed by atoms with Gasteiger partial charge < -0.3 is 4.42 Å². The molecule has 0 aliphatic carbocycles. The second-order valence-electron chi connectivity index (χ2n) is 4.03. The summed E-state index contributed by atoms with van der Waals surface area (Å²) < 4.78 is 18.9. The lowest BCUT2D eigenvalue weighted by molar-refractivity contribution is 0.502. The van der Waals surface area contributed by atoms with Crippen molar-refractivity contribution in [2.45, 2.75) is 19.4 Å². The van der Waals surface area contributed by atoms with E-state index in [9.17, 15) is 4.39 Å². The number of aryl methyl sites for hydroxylation is 1. The fraction of sp³-hybridized carbons (Fsp3) is 0.231. The number of rotatable bonds is 4. The number of nitrogens with one attached hydrogen (secondary N) is 1. The number of hydrogen-bond acceptors (Lipinski definition) is 3. The van der Waals surface area contributed by atoms with Gasteiger partial charge in [0, 0.05) is 5.56 Å². The highest BCUT2D eigenvalue weighted by molar-refractivity contribution is 5.28. The molecule has 3 nitrogen and oxygen atoms in total. The molecule has 2 rings (SSSR count). The van der Waals surface area contributed by atoms with E-state index in [1.807, 2.05) is 12.1 Å². The SMILES string of the molecule is Cc1cccc(C(Cc2ccoc2)NN)c1F. The van der Waals surface area contributed by atoms with Gasteiger partial charge in [-0.15, -0.1) is 0 Å². The zero-order valence-electron chi connectivity index (χ0n) is 9.61. The van der Waals surface area contributed by atoms with Gasteiger partial charge in [0.25, 0.3) is 0 Å². The van der Waals surface area contributed by atoms with Crippen LogP contribution in [-0.2, 0) is 6.42 Å². The number of benzene rings is 1. The maximum absolute atomic E-state index is 13.9. The number of furan rings is 1. The van der Waals surface area contributed by atoms with Gasteiger partial charge >= 0.3 is 0 Å². The molecule has 0 spiro atoms. The van der Waals surface area contributed by atoms with Crippen molar-refractivity contribution < 1.29 is 8.81 Å². The molecule has 90 valence electrons. The summed E-state index contributed by atoms with van der Waals surface area (Å²) in [5.74, 6) is 5.28. The van der Waals surface area contributed by atoms with Gasteiger partial charge in [-0.2, -0.15) is 0 Å². The Balaban J connectivity index is 2.26. The number of hydrazine groups is 1. The summed E-state index contributed by atoms with van der Waals surface area (Å²) in [5.41, 5.74) is 4.82. The molecule has 0 bridgehead atoms. The molecule has 0 fully saturated rings. The molecule has 0 aliphatic heterocycles. The first-order chi connectivity index (χ1) is 8.22. The van der Waals surface area contributed by atoms with Crippen LogP contribution in [0, 0.1) is 12.7 Å². The standard InChI is InChI=1S/C13H15FN2O/c1-9-3-2-4-11(13(9)14)12(16-15)7-10-5-6-17-8-10/h2-6,8,12,16H,7,15H2,1H3.